The van der Waals surface area contributed by atoms with Crippen molar-refractivity contribution in [2.75, 3.05) is 4.90 Å². The zero-order valence-corrected chi connectivity index (χ0v) is 34.4. The number of fused-ring (bicyclic) bond motifs is 13. The van der Waals surface area contributed by atoms with E-state index in [9.17, 15) is 0 Å². The van der Waals surface area contributed by atoms with Crippen LogP contribution in [0.2, 0.25) is 0 Å². The number of nitrogens with zero attached hydrogens (tertiary/aromatic N) is 2. The molecule has 0 spiro atoms. The van der Waals surface area contributed by atoms with E-state index in [4.69, 9.17) is 4.42 Å². The van der Waals surface area contributed by atoms with Crippen LogP contribution in [0.25, 0.3) is 93.2 Å². The van der Waals surface area contributed by atoms with E-state index in [0.717, 1.165) is 50.3 Å². The van der Waals surface area contributed by atoms with Crippen LogP contribution in [0.3, 0.4) is 0 Å². The third-order valence-corrected chi connectivity index (χ3v) is 13.5. The molecule has 10 aromatic carbocycles. The molecule has 0 bridgehead atoms. The highest BCUT2D eigenvalue weighted by molar-refractivity contribution is 6.29. The average Bonchev–Trinajstić information content (AvgIpc) is 3.96. The maximum Gasteiger partial charge on any atom is 0.160 e. The summed E-state index contributed by atoms with van der Waals surface area (Å²) in [6.07, 6.45) is 0. The van der Waals surface area contributed by atoms with Crippen LogP contribution < -0.4 is 4.90 Å². The van der Waals surface area contributed by atoms with Crippen molar-refractivity contribution in [2.45, 2.75) is 19.3 Å². The van der Waals surface area contributed by atoms with Crippen LogP contribution in [0.15, 0.2) is 211 Å². The van der Waals surface area contributed by atoms with Gasteiger partial charge in [0.15, 0.2) is 5.58 Å². The van der Waals surface area contributed by atoms with Crippen LogP contribution in [-0.2, 0) is 5.41 Å². The van der Waals surface area contributed by atoms with Gasteiger partial charge in [0.25, 0.3) is 0 Å². The van der Waals surface area contributed by atoms with E-state index >= 15 is 0 Å². The lowest BCUT2D eigenvalue weighted by Crippen LogP contribution is -2.16. The standard InChI is InChI=1S/C59H40N2O/c1-59(2)50-22-12-10-20-46(50)47-31-30-43(36-51(47)59)60(54-35-40-15-7-9-19-45(40)57-56-44-18-8-6-14-38(44)27-33-55(56)62-58(54)57)42-28-24-37(25-29-42)39-26-32-53-49(34-39)48-21-11-13-23-52(48)61(53)41-16-4-3-5-17-41/h3-36H,1-2H3. The fourth-order valence-electron chi connectivity index (χ4n) is 10.6. The van der Waals surface area contributed by atoms with Gasteiger partial charge in [0.2, 0.25) is 0 Å². The number of aromatic nitrogens is 1. The minimum Gasteiger partial charge on any atom is -0.454 e. The highest BCUT2D eigenvalue weighted by atomic mass is 16.3. The molecule has 0 aliphatic heterocycles. The number of rotatable bonds is 5. The second kappa shape index (κ2) is 13.1. The highest BCUT2D eigenvalue weighted by Crippen LogP contribution is 2.52. The fraction of sp³-hybridized carbons (Fsp3) is 0.0508. The Labute approximate surface area is 359 Å². The normalized spacial score (nSPS) is 13.1. The van der Waals surface area contributed by atoms with Crippen LogP contribution in [0.1, 0.15) is 25.0 Å². The van der Waals surface area contributed by atoms with Gasteiger partial charge in [-0.2, -0.15) is 0 Å². The molecule has 292 valence electrons. The summed E-state index contributed by atoms with van der Waals surface area (Å²) in [4.78, 5) is 2.42. The summed E-state index contributed by atoms with van der Waals surface area (Å²) < 4.78 is 9.44. The predicted octanol–water partition coefficient (Wildman–Crippen LogP) is 16.4. The van der Waals surface area contributed by atoms with Gasteiger partial charge in [-0.1, -0.05) is 153 Å². The van der Waals surface area contributed by atoms with Gasteiger partial charge in [-0.05, 0) is 122 Å². The molecule has 1 aliphatic carbocycles. The first-order valence-electron chi connectivity index (χ1n) is 21.5. The lowest BCUT2D eigenvalue weighted by molar-refractivity contribution is 0.660. The van der Waals surface area contributed by atoms with Crippen molar-refractivity contribution in [3.63, 3.8) is 0 Å². The van der Waals surface area contributed by atoms with Gasteiger partial charge in [-0.3, -0.25) is 0 Å². The molecule has 0 unspecified atom stereocenters. The van der Waals surface area contributed by atoms with Gasteiger partial charge in [0.1, 0.15) is 5.58 Å². The molecule has 0 N–H and O–H groups in total. The molecule has 62 heavy (non-hydrogen) atoms. The third-order valence-electron chi connectivity index (χ3n) is 13.5. The molecule has 1 aliphatic rings. The Hall–Kier alpha value is -7.88. The molecule has 0 saturated carbocycles. The number of benzene rings is 10. The molecule has 13 rings (SSSR count). The van der Waals surface area contributed by atoms with Crippen molar-refractivity contribution in [1.82, 2.24) is 4.57 Å². The van der Waals surface area contributed by atoms with Crippen molar-refractivity contribution in [2.24, 2.45) is 0 Å². The van der Waals surface area contributed by atoms with E-state index in [2.05, 4.69) is 230 Å². The molecule has 2 aromatic heterocycles. The fourth-order valence-corrected chi connectivity index (χ4v) is 10.6. The zero-order chi connectivity index (χ0) is 41.1. The SMILES string of the molecule is CC1(C)c2ccccc2-c2ccc(N(c3ccc(-c4ccc5c(c4)c4ccccc4n5-c4ccccc4)cc3)c3cc4ccccc4c4c3oc3ccc5ccccc5c34)cc21. The first-order valence-corrected chi connectivity index (χ1v) is 21.5. The number of anilines is 3. The van der Waals surface area contributed by atoms with Crippen molar-refractivity contribution in [3.8, 4) is 27.9 Å². The number of hydrogen-bond acceptors (Lipinski definition) is 2. The van der Waals surface area contributed by atoms with E-state index in [1.807, 2.05) is 0 Å². The Balaban J connectivity index is 1.02. The van der Waals surface area contributed by atoms with Crippen LogP contribution in [0.4, 0.5) is 17.1 Å². The van der Waals surface area contributed by atoms with Crippen molar-refractivity contribution in [1.29, 1.82) is 0 Å². The number of para-hydroxylation sites is 2. The van der Waals surface area contributed by atoms with Gasteiger partial charge < -0.3 is 13.9 Å². The quantitative estimate of drug-likeness (QED) is 0.173. The summed E-state index contributed by atoms with van der Waals surface area (Å²) >= 11 is 0. The second-order valence-corrected chi connectivity index (χ2v) is 17.3. The molecule has 3 nitrogen and oxygen atoms in total. The second-order valence-electron chi connectivity index (χ2n) is 17.3. The molecule has 0 saturated heterocycles. The summed E-state index contributed by atoms with van der Waals surface area (Å²) in [7, 11) is 0. The molecule has 12 aromatic rings. The summed E-state index contributed by atoms with van der Waals surface area (Å²) in [6.45, 7) is 4.71. The number of hydrogen-bond donors (Lipinski definition) is 0. The van der Waals surface area contributed by atoms with E-state index in [1.165, 1.54) is 71.2 Å². The van der Waals surface area contributed by atoms with Gasteiger partial charge in [0.05, 0.1) is 16.7 Å². The third kappa shape index (κ3) is 5.00. The summed E-state index contributed by atoms with van der Waals surface area (Å²) in [5.74, 6) is 0. The molecule has 0 atom stereocenters. The van der Waals surface area contributed by atoms with Crippen molar-refractivity contribution < 1.29 is 4.42 Å². The Bertz CT molecular complexity index is 3780. The minimum atomic E-state index is -0.156. The van der Waals surface area contributed by atoms with Crippen LogP contribution in [0.5, 0.6) is 0 Å². The van der Waals surface area contributed by atoms with Crippen molar-refractivity contribution >= 4 is 82.4 Å². The molecule has 2 heterocycles. The van der Waals surface area contributed by atoms with E-state index < -0.39 is 0 Å². The first kappa shape index (κ1) is 34.9. The average molecular weight is 793 g/mol. The number of furan rings is 1. The van der Waals surface area contributed by atoms with Gasteiger partial charge in [-0.15, -0.1) is 0 Å². The molecule has 0 amide bonds. The van der Waals surface area contributed by atoms with Gasteiger partial charge in [-0.25, -0.2) is 0 Å². The van der Waals surface area contributed by atoms with Crippen LogP contribution in [0, 0.1) is 0 Å². The minimum absolute atomic E-state index is 0.156. The van der Waals surface area contributed by atoms with Gasteiger partial charge >= 0.3 is 0 Å². The summed E-state index contributed by atoms with van der Waals surface area (Å²) in [5, 5.41) is 9.54. The van der Waals surface area contributed by atoms with Crippen LogP contribution in [-0.4, -0.2) is 4.57 Å². The van der Waals surface area contributed by atoms with E-state index in [0.29, 0.717) is 0 Å². The molecular formula is C59H40N2O. The van der Waals surface area contributed by atoms with E-state index in [1.54, 1.807) is 0 Å². The molecular weight excluding hydrogens is 753 g/mol. The van der Waals surface area contributed by atoms with Crippen LogP contribution >= 0.6 is 0 Å². The zero-order valence-electron chi connectivity index (χ0n) is 34.4. The van der Waals surface area contributed by atoms with E-state index in [-0.39, 0.29) is 5.41 Å². The largest absolute Gasteiger partial charge is 0.454 e. The maximum atomic E-state index is 7.07. The lowest BCUT2D eigenvalue weighted by atomic mass is 9.82. The Morgan fingerprint density at radius 2 is 1.08 bits per heavy atom. The monoisotopic (exact) mass is 792 g/mol. The topological polar surface area (TPSA) is 21.3 Å². The Morgan fingerprint density at radius 3 is 1.92 bits per heavy atom. The first-order chi connectivity index (χ1) is 30.5. The predicted molar refractivity (Wildman–Crippen MR) is 261 cm³/mol. The summed E-state index contributed by atoms with van der Waals surface area (Å²) in [5.41, 5.74) is 16.0. The maximum absolute atomic E-state index is 7.07. The highest BCUT2D eigenvalue weighted by Gasteiger charge is 2.36. The van der Waals surface area contributed by atoms with Gasteiger partial charge in [0, 0.05) is 44.0 Å². The molecule has 0 radical (unpaired) electrons. The Morgan fingerprint density at radius 1 is 0.435 bits per heavy atom. The van der Waals surface area contributed by atoms with Crippen molar-refractivity contribution in [3.05, 3.63) is 217 Å². The molecule has 0 fully saturated rings. The Kier molecular flexibility index (Phi) is 7.36. The lowest BCUT2D eigenvalue weighted by Gasteiger charge is -2.28. The summed E-state index contributed by atoms with van der Waals surface area (Å²) in [6, 6.07) is 75.3. The molecule has 3 heteroatoms. The smallest absolute Gasteiger partial charge is 0.160 e.